The third-order valence-corrected chi connectivity index (χ3v) is 10.0. The summed E-state index contributed by atoms with van der Waals surface area (Å²) in [6.45, 7) is 18.3. The lowest BCUT2D eigenvalue weighted by Crippen LogP contribution is -3.00. The monoisotopic (exact) mass is 604 g/mol. The summed E-state index contributed by atoms with van der Waals surface area (Å²) in [6, 6.07) is 13.7. The smallest absolute Gasteiger partial charge is 0.260 e. The molecule has 0 saturated carbocycles. The summed E-state index contributed by atoms with van der Waals surface area (Å²) in [5.74, 6) is 1.88. The minimum Gasteiger partial charge on any atom is -1.00 e. The highest BCUT2D eigenvalue weighted by atomic mass is 35.5. The molecule has 0 aliphatic heterocycles. The van der Waals surface area contributed by atoms with Gasteiger partial charge < -0.3 is 12.4 Å². The van der Waals surface area contributed by atoms with E-state index in [1.165, 1.54) is 33.6 Å². The fraction of sp³-hybridized carbons (Fsp3) is 0.571. The predicted octanol–water partition coefficient (Wildman–Crippen LogP) is 8.68. The van der Waals surface area contributed by atoms with Crippen LogP contribution in [0.5, 0.6) is 0 Å². The molecule has 0 fully saturated rings. The van der Waals surface area contributed by atoms with Gasteiger partial charge in [0, 0.05) is 22.3 Å². The number of rotatable bonds is 14. The number of halogens is 3. The molecule has 0 unspecified atom stereocenters. The second-order valence-electron chi connectivity index (χ2n) is 11.1. The van der Waals surface area contributed by atoms with Crippen molar-refractivity contribution in [2.75, 3.05) is 0 Å². The van der Waals surface area contributed by atoms with Crippen LogP contribution < -0.4 is 17.0 Å². The van der Waals surface area contributed by atoms with E-state index >= 15 is 0 Å². The molecule has 0 N–H and O–H groups in total. The summed E-state index contributed by atoms with van der Waals surface area (Å²) in [4.78, 5) is 0. The van der Waals surface area contributed by atoms with Gasteiger partial charge in [0.2, 0.25) is 0 Å². The van der Waals surface area contributed by atoms with Crippen LogP contribution in [-0.4, -0.2) is 4.57 Å². The van der Waals surface area contributed by atoms with Gasteiger partial charge in [-0.3, -0.25) is 0 Å². The number of hydrogen-bond donors (Lipinski definition) is 0. The summed E-state index contributed by atoms with van der Waals surface area (Å²) in [6.07, 6.45) is 11.0. The van der Waals surface area contributed by atoms with E-state index in [1.54, 1.807) is 0 Å². The number of imidazole rings is 1. The first-order chi connectivity index (χ1) is 18.9. The second-order valence-corrected chi connectivity index (χ2v) is 11.8. The number of para-hydroxylation sites is 2. The predicted molar refractivity (Wildman–Crippen MR) is 171 cm³/mol. The largest absolute Gasteiger partial charge is 1.00 e. The molecule has 3 rings (SSSR count). The maximum atomic E-state index is 7.23. The van der Waals surface area contributed by atoms with E-state index in [0.717, 1.165) is 51.4 Å². The van der Waals surface area contributed by atoms with Crippen molar-refractivity contribution >= 4 is 23.2 Å². The zero-order chi connectivity index (χ0) is 28.7. The van der Waals surface area contributed by atoms with Crippen molar-refractivity contribution < 1.29 is 17.0 Å². The molecule has 0 aliphatic rings. The molecule has 0 bridgehead atoms. The molecular weight excluding hydrogens is 555 g/mol. The average molecular weight is 606 g/mol. The first kappa shape index (κ1) is 34.7. The fourth-order valence-corrected chi connectivity index (χ4v) is 7.11. The minimum absolute atomic E-state index is 0. The van der Waals surface area contributed by atoms with Crippen molar-refractivity contribution in [3.05, 3.63) is 75.3 Å². The third kappa shape index (κ3) is 6.77. The van der Waals surface area contributed by atoms with E-state index in [9.17, 15) is 0 Å². The van der Waals surface area contributed by atoms with Crippen molar-refractivity contribution in [3.63, 3.8) is 0 Å². The van der Waals surface area contributed by atoms with Crippen LogP contribution in [0.1, 0.15) is 153 Å². The van der Waals surface area contributed by atoms with Gasteiger partial charge >= 0.3 is 0 Å². The highest BCUT2D eigenvalue weighted by Gasteiger charge is 2.33. The maximum absolute atomic E-state index is 7.23. The quantitative estimate of drug-likeness (QED) is 0.163. The Bertz CT molecular complexity index is 1050. The Labute approximate surface area is 260 Å². The second kappa shape index (κ2) is 16.2. The Morgan fingerprint density at radius 2 is 0.900 bits per heavy atom. The molecular formula is C35H51Cl3N2. The summed E-state index contributed by atoms with van der Waals surface area (Å²) in [5.41, 5.74) is 7.96. The van der Waals surface area contributed by atoms with Crippen LogP contribution in [-0.2, 0) is 0 Å². The summed E-state index contributed by atoms with van der Waals surface area (Å²) < 4.78 is 4.40. The van der Waals surface area contributed by atoms with Gasteiger partial charge in [-0.2, -0.15) is 9.13 Å². The van der Waals surface area contributed by atoms with Crippen LogP contribution >= 0.6 is 23.2 Å². The van der Waals surface area contributed by atoms with Crippen molar-refractivity contribution in [1.29, 1.82) is 0 Å². The molecule has 0 atom stereocenters. The van der Waals surface area contributed by atoms with Gasteiger partial charge in [-0.05, 0) is 98.2 Å². The standard InChI is InChI=1S/C35H51Cl2N2.ClH/c1-9-24(10-2)28-19-17-20-29(25(11-3)12-4)32(28)38-23-39(35(37)34(38)36)33-30(26(13-5)14-6)21-18-22-31(33)27(15-7)16-8;/h17-27H,9-16H2,1-8H3;1H/q+1;/p-1. The van der Waals surface area contributed by atoms with Crippen molar-refractivity contribution in [2.24, 2.45) is 0 Å². The average Bonchev–Trinajstić information content (AvgIpc) is 3.25. The lowest BCUT2D eigenvalue weighted by molar-refractivity contribution is -0.593. The first-order valence-electron chi connectivity index (χ1n) is 15.6. The molecule has 2 nitrogen and oxygen atoms in total. The Morgan fingerprint density at radius 1 is 0.575 bits per heavy atom. The van der Waals surface area contributed by atoms with Crippen LogP contribution in [0, 0.1) is 0 Å². The van der Waals surface area contributed by atoms with Crippen LogP contribution in [0.15, 0.2) is 42.7 Å². The number of hydrogen-bond acceptors (Lipinski definition) is 0. The van der Waals surface area contributed by atoms with E-state index in [2.05, 4.69) is 107 Å². The summed E-state index contributed by atoms with van der Waals surface area (Å²) in [7, 11) is 0. The van der Waals surface area contributed by atoms with Crippen molar-refractivity contribution in [2.45, 2.75) is 130 Å². The molecule has 1 aromatic heterocycles. The summed E-state index contributed by atoms with van der Waals surface area (Å²) >= 11 is 14.5. The highest BCUT2D eigenvalue weighted by molar-refractivity contribution is 6.40. The van der Waals surface area contributed by atoms with Gasteiger partial charge in [-0.15, -0.1) is 0 Å². The van der Waals surface area contributed by atoms with Crippen molar-refractivity contribution in [3.8, 4) is 11.4 Å². The van der Waals surface area contributed by atoms with Gasteiger partial charge in [0.15, 0.2) is 0 Å². The summed E-state index contributed by atoms with van der Waals surface area (Å²) in [5, 5.41) is 1.19. The highest BCUT2D eigenvalue weighted by Crippen LogP contribution is 2.40. The fourth-order valence-electron chi connectivity index (χ4n) is 6.68. The normalized spacial score (nSPS) is 11.8. The molecule has 222 valence electrons. The Balaban J connectivity index is 0.00000560. The van der Waals surface area contributed by atoms with Gasteiger partial charge in [-0.1, -0.05) is 91.8 Å². The molecule has 0 radical (unpaired) electrons. The lowest BCUT2D eigenvalue weighted by atomic mass is 9.85. The molecule has 40 heavy (non-hydrogen) atoms. The van der Waals surface area contributed by atoms with Crippen LogP contribution in [0.4, 0.5) is 0 Å². The molecule has 3 aromatic rings. The molecule has 0 aliphatic carbocycles. The maximum Gasteiger partial charge on any atom is 0.260 e. The number of aromatic nitrogens is 2. The Kier molecular flexibility index (Phi) is 14.1. The zero-order valence-electron chi connectivity index (χ0n) is 26.0. The minimum atomic E-state index is 0. The van der Waals surface area contributed by atoms with Crippen LogP contribution in [0.3, 0.4) is 0 Å². The van der Waals surface area contributed by atoms with Gasteiger partial charge in [0.25, 0.3) is 16.6 Å². The van der Waals surface area contributed by atoms with E-state index in [4.69, 9.17) is 23.2 Å². The lowest BCUT2D eigenvalue weighted by Gasteiger charge is -2.22. The van der Waals surface area contributed by atoms with Crippen LogP contribution in [0.2, 0.25) is 10.3 Å². The third-order valence-electron chi connectivity index (χ3n) is 9.20. The molecule has 0 spiro atoms. The SMILES string of the molecule is CCC(CC)c1cccc(C(CC)CC)c1-n1c[n+](-c2c(C(CC)CC)cccc2C(CC)CC)c(Cl)c1Cl.[Cl-]. The molecule has 0 amide bonds. The number of benzene rings is 2. The van der Waals surface area contributed by atoms with Gasteiger partial charge in [-0.25, -0.2) is 0 Å². The molecule has 2 aromatic carbocycles. The molecule has 0 saturated heterocycles. The first-order valence-corrected chi connectivity index (χ1v) is 16.4. The van der Waals surface area contributed by atoms with E-state index in [-0.39, 0.29) is 12.4 Å². The van der Waals surface area contributed by atoms with E-state index in [1.807, 2.05) is 0 Å². The van der Waals surface area contributed by atoms with E-state index in [0.29, 0.717) is 34.0 Å². The Hall–Kier alpha value is -1.48. The van der Waals surface area contributed by atoms with Crippen molar-refractivity contribution in [1.82, 2.24) is 4.57 Å². The van der Waals surface area contributed by atoms with Gasteiger partial charge in [0.1, 0.15) is 11.4 Å². The molecule has 1 heterocycles. The van der Waals surface area contributed by atoms with Gasteiger partial charge in [0.05, 0.1) is 0 Å². The molecule has 5 heteroatoms. The van der Waals surface area contributed by atoms with E-state index < -0.39 is 0 Å². The number of nitrogens with zero attached hydrogens (tertiary/aromatic N) is 2. The van der Waals surface area contributed by atoms with Crippen LogP contribution in [0.25, 0.3) is 11.4 Å². The zero-order valence-corrected chi connectivity index (χ0v) is 28.3. The topological polar surface area (TPSA) is 8.81 Å². The Morgan fingerprint density at radius 3 is 1.25 bits per heavy atom.